The number of hydrogen-bond acceptors (Lipinski definition) is 3. The van der Waals surface area contributed by atoms with Crippen molar-refractivity contribution in [2.75, 3.05) is 6.54 Å². The molecule has 0 saturated heterocycles. The van der Waals surface area contributed by atoms with Crippen LogP contribution in [0.4, 0.5) is 0 Å². The zero-order valence-electron chi connectivity index (χ0n) is 10.2. The molecular weight excluding hydrogens is 240 g/mol. The average Bonchev–Trinajstić information content (AvgIpc) is 3.01. The van der Waals surface area contributed by atoms with Crippen molar-refractivity contribution >= 4 is 18.3 Å². The molecule has 1 aromatic rings. The number of nitrogens with one attached hydrogen (secondary N) is 1. The van der Waals surface area contributed by atoms with Gasteiger partial charge in [0.1, 0.15) is 11.5 Å². The van der Waals surface area contributed by atoms with E-state index >= 15 is 0 Å². The average molecular weight is 259 g/mol. The SMILES string of the molecule is Cc1cc(C(=O)NC(CN)C2CC2)c(C)o1.Cl. The Morgan fingerprint density at radius 1 is 1.59 bits per heavy atom. The Hall–Kier alpha value is -1.000. The van der Waals surface area contributed by atoms with Gasteiger partial charge in [-0.3, -0.25) is 4.79 Å². The van der Waals surface area contributed by atoms with Gasteiger partial charge in [0.05, 0.1) is 5.56 Å². The molecule has 0 bridgehead atoms. The Morgan fingerprint density at radius 3 is 2.65 bits per heavy atom. The van der Waals surface area contributed by atoms with Crippen molar-refractivity contribution in [3.05, 3.63) is 23.2 Å². The van der Waals surface area contributed by atoms with Crippen molar-refractivity contribution in [1.82, 2.24) is 5.32 Å². The Morgan fingerprint density at radius 2 is 2.24 bits per heavy atom. The van der Waals surface area contributed by atoms with E-state index in [-0.39, 0.29) is 24.4 Å². The molecule has 4 nitrogen and oxygen atoms in total. The van der Waals surface area contributed by atoms with Crippen molar-refractivity contribution in [3.8, 4) is 0 Å². The summed E-state index contributed by atoms with van der Waals surface area (Å²) in [5, 5.41) is 2.98. The van der Waals surface area contributed by atoms with Gasteiger partial charge in [0.25, 0.3) is 5.91 Å². The van der Waals surface area contributed by atoms with Gasteiger partial charge >= 0.3 is 0 Å². The van der Waals surface area contributed by atoms with E-state index < -0.39 is 0 Å². The van der Waals surface area contributed by atoms with Gasteiger partial charge in [0.15, 0.2) is 0 Å². The molecule has 1 unspecified atom stereocenters. The molecule has 1 aromatic heterocycles. The van der Waals surface area contributed by atoms with Crippen LogP contribution in [-0.2, 0) is 0 Å². The molecule has 17 heavy (non-hydrogen) atoms. The summed E-state index contributed by atoms with van der Waals surface area (Å²) in [5.74, 6) is 1.93. The zero-order valence-corrected chi connectivity index (χ0v) is 11.0. The second kappa shape index (κ2) is 5.56. The Balaban J connectivity index is 0.00000144. The number of carbonyl (C=O) groups excluding carboxylic acids is 1. The molecule has 1 aliphatic rings. The first-order valence-corrected chi connectivity index (χ1v) is 5.69. The molecule has 0 radical (unpaired) electrons. The first-order valence-electron chi connectivity index (χ1n) is 5.69. The third-order valence-corrected chi connectivity index (χ3v) is 3.05. The zero-order chi connectivity index (χ0) is 11.7. The molecule has 0 aliphatic heterocycles. The van der Waals surface area contributed by atoms with Crippen LogP contribution in [0, 0.1) is 19.8 Å². The minimum Gasteiger partial charge on any atom is -0.466 e. The number of nitrogens with two attached hydrogens (primary N) is 1. The summed E-state index contributed by atoms with van der Waals surface area (Å²) in [6, 6.07) is 1.88. The lowest BCUT2D eigenvalue weighted by Crippen LogP contribution is -2.41. The van der Waals surface area contributed by atoms with Crippen molar-refractivity contribution < 1.29 is 9.21 Å². The fourth-order valence-corrected chi connectivity index (χ4v) is 1.97. The maximum Gasteiger partial charge on any atom is 0.255 e. The maximum atomic E-state index is 12.0. The standard InChI is InChI=1S/C12H18N2O2.ClH/c1-7-5-10(8(2)16-7)12(15)14-11(6-13)9-3-4-9;/h5,9,11H,3-4,6,13H2,1-2H3,(H,14,15);1H. The lowest BCUT2D eigenvalue weighted by atomic mass is 10.1. The van der Waals surface area contributed by atoms with Crippen LogP contribution in [-0.4, -0.2) is 18.5 Å². The maximum absolute atomic E-state index is 12.0. The smallest absolute Gasteiger partial charge is 0.255 e. The van der Waals surface area contributed by atoms with E-state index in [1.807, 2.05) is 6.92 Å². The van der Waals surface area contributed by atoms with Gasteiger partial charge in [-0.25, -0.2) is 0 Å². The van der Waals surface area contributed by atoms with Gasteiger partial charge in [0, 0.05) is 12.6 Å². The number of aryl methyl sites for hydroxylation is 2. The largest absolute Gasteiger partial charge is 0.466 e. The van der Waals surface area contributed by atoms with E-state index in [2.05, 4.69) is 5.32 Å². The molecule has 3 N–H and O–H groups in total. The van der Waals surface area contributed by atoms with E-state index in [4.69, 9.17) is 10.2 Å². The first-order chi connectivity index (χ1) is 7.61. The molecule has 1 fully saturated rings. The van der Waals surface area contributed by atoms with Crippen LogP contribution in [0.2, 0.25) is 0 Å². The predicted octanol–water partition coefficient (Wildman–Crippen LogP) is 1.79. The molecule has 2 rings (SSSR count). The Kier molecular flexibility index (Phi) is 4.60. The monoisotopic (exact) mass is 258 g/mol. The highest BCUT2D eigenvalue weighted by molar-refractivity contribution is 5.95. The molecule has 1 saturated carbocycles. The lowest BCUT2D eigenvalue weighted by molar-refractivity contribution is 0.0932. The minimum absolute atomic E-state index is 0. The first kappa shape index (κ1) is 14.1. The van der Waals surface area contributed by atoms with Crippen LogP contribution in [0.25, 0.3) is 0 Å². The molecule has 96 valence electrons. The number of rotatable bonds is 4. The van der Waals surface area contributed by atoms with Gasteiger partial charge in [-0.1, -0.05) is 0 Å². The summed E-state index contributed by atoms with van der Waals surface area (Å²) < 4.78 is 5.33. The van der Waals surface area contributed by atoms with Crippen molar-refractivity contribution in [1.29, 1.82) is 0 Å². The van der Waals surface area contributed by atoms with E-state index in [1.54, 1.807) is 13.0 Å². The van der Waals surface area contributed by atoms with Gasteiger partial charge in [0.2, 0.25) is 0 Å². The molecule has 1 amide bonds. The van der Waals surface area contributed by atoms with Gasteiger partial charge in [-0.05, 0) is 38.7 Å². The summed E-state index contributed by atoms with van der Waals surface area (Å²) in [6.45, 7) is 4.15. The number of carbonyl (C=O) groups is 1. The summed E-state index contributed by atoms with van der Waals surface area (Å²) >= 11 is 0. The minimum atomic E-state index is -0.0725. The van der Waals surface area contributed by atoms with Gasteiger partial charge in [-0.15, -0.1) is 12.4 Å². The lowest BCUT2D eigenvalue weighted by Gasteiger charge is -2.15. The van der Waals surface area contributed by atoms with Gasteiger partial charge < -0.3 is 15.5 Å². The van der Waals surface area contributed by atoms with E-state index in [9.17, 15) is 4.79 Å². The van der Waals surface area contributed by atoms with Crippen LogP contribution < -0.4 is 11.1 Å². The number of furan rings is 1. The third-order valence-electron chi connectivity index (χ3n) is 3.05. The molecule has 0 spiro atoms. The fourth-order valence-electron chi connectivity index (χ4n) is 1.97. The highest BCUT2D eigenvalue weighted by Gasteiger charge is 2.31. The number of hydrogen-bond donors (Lipinski definition) is 2. The molecular formula is C12H19ClN2O2. The van der Waals surface area contributed by atoms with Crippen LogP contribution >= 0.6 is 12.4 Å². The molecule has 5 heteroatoms. The fraction of sp³-hybridized carbons (Fsp3) is 0.583. The summed E-state index contributed by atoms with van der Waals surface area (Å²) in [5.41, 5.74) is 6.27. The van der Waals surface area contributed by atoms with Crippen LogP contribution in [0.5, 0.6) is 0 Å². The number of halogens is 1. The van der Waals surface area contributed by atoms with E-state index in [0.717, 1.165) is 5.76 Å². The Labute approximate surface area is 107 Å². The second-order valence-electron chi connectivity index (χ2n) is 4.48. The third kappa shape index (κ3) is 3.23. The normalized spacial score (nSPS) is 16.2. The predicted molar refractivity (Wildman–Crippen MR) is 68.5 cm³/mol. The summed E-state index contributed by atoms with van der Waals surface area (Å²) in [7, 11) is 0. The van der Waals surface area contributed by atoms with Crippen LogP contribution in [0.15, 0.2) is 10.5 Å². The highest BCUT2D eigenvalue weighted by Crippen LogP contribution is 2.32. The van der Waals surface area contributed by atoms with Crippen molar-refractivity contribution in [2.45, 2.75) is 32.7 Å². The summed E-state index contributed by atoms with van der Waals surface area (Å²) in [6.07, 6.45) is 2.34. The van der Waals surface area contributed by atoms with Crippen molar-refractivity contribution in [2.24, 2.45) is 11.7 Å². The molecule has 0 aromatic carbocycles. The van der Waals surface area contributed by atoms with Crippen LogP contribution in [0.3, 0.4) is 0 Å². The molecule has 1 heterocycles. The van der Waals surface area contributed by atoms with E-state index in [1.165, 1.54) is 12.8 Å². The van der Waals surface area contributed by atoms with Crippen LogP contribution in [0.1, 0.15) is 34.7 Å². The quantitative estimate of drug-likeness (QED) is 0.865. The molecule has 1 atom stereocenters. The van der Waals surface area contributed by atoms with Gasteiger partial charge in [-0.2, -0.15) is 0 Å². The second-order valence-corrected chi connectivity index (χ2v) is 4.48. The number of amides is 1. The highest BCUT2D eigenvalue weighted by atomic mass is 35.5. The van der Waals surface area contributed by atoms with E-state index in [0.29, 0.717) is 23.8 Å². The Bertz CT molecular complexity index is 399. The topological polar surface area (TPSA) is 68.3 Å². The summed E-state index contributed by atoms with van der Waals surface area (Å²) in [4.78, 5) is 12.0. The molecule has 1 aliphatic carbocycles. The van der Waals surface area contributed by atoms with Crippen molar-refractivity contribution in [3.63, 3.8) is 0 Å².